The molecule has 0 aliphatic carbocycles. The normalized spacial score (nSPS) is 10.3. The van der Waals surface area contributed by atoms with Crippen molar-refractivity contribution in [2.75, 3.05) is 13.7 Å². The molecule has 1 N–H and O–H groups in total. The van der Waals surface area contributed by atoms with Crippen molar-refractivity contribution >= 4 is 23.5 Å². The summed E-state index contributed by atoms with van der Waals surface area (Å²) in [4.78, 5) is 23.2. The molecule has 116 valence electrons. The number of hydrogen-bond acceptors (Lipinski definition) is 4. The van der Waals surface area contributed by atoms with Crippen LogP contribution in [0, 0.1) is 6.92 Å². The summed E-state index contributed by atoms with van der Waals surface area (Å²) in [6.07, 6.45) is 0. The number of aryl methyl sites for hydroxylation is 1. The van der Waals surface area contributed by atoms with E-state index in [0.29, 0.717) is 12.2 Å². The van der Waals surface area contributed by atoms with E-state index in [4.69, 9.17) is 16.3 Å². The minimum Gasteiger partial charge on any atom is -0.452 e. The number of benzene rings is 1. The first-order chi connectivity index (χ1) is 10.5. The van der Waals surface area contributed by atoms with Gasteiger partial charge in [0, 0.05) is 7.05 Å². The Kier molecular flexibility index (Phi) is 5.16. The maximum absolute atomic E-state index is 12.0. The van der Waals surface area contributed by atoms with E-state index >= 15 is 0 Å². The first kappa shape index (κ1) is 16.0. The van der Waals surface area contributed by atoms with Gasteiger partial charge in [0.1, 0.15) is 10.7 Å². The van der Waals surface area contributed by atoms with Crippen LogP contribution in [0.5, 0.6) is 0 Å². The maximum atomic E-state index is 12.0. The number of hydrogen-bond donors (Lipinski definition) is 1. The van der Waals surface area contributed by atoms with Gasteiger partial charge in [0.05, 0.1) is 12.2 Å². The fraction of sp³-hybridized carbons (Fsp3) is 0.267. The minimum absolute atomic E-state index is 0.182. The van der Waals surface area contributed by atoms with Crippen LogP contribution in [-0.4, -0.2) is 35.3 Å². The number of nitrogens with zero attached hydrogens (tertiary/aromatic N) is 2. The van der Waals surface area contributed by atoms with Gasteiger partial charge in [-0.2, -0.15) is 5.10 Å². The van der Waals surface area contributed by atoms with Gasteiger partial charge in [0.15, 0.2) is 6.61 Å². The molecule has 0 saturated carbocycles. The Labute approximate surface area is 133 Å². The van der Waals surface area contributed by atoms with Crippen molar-refractivity contribution in [2.24, 2.45) is 0 Å². The summed E-state index contributed by atoms with van der Waals surface area (Å²) in [5, 5.41) is 6.82. The summed E-state index contributed by atoms with van der Waals surface area (Å²) < 4.78 is 6.45. The van der Waals surface area contributed by atoms with Gasteiger partial charge in [-0.3, -0.25) is 4.79 Å². The number of esters is 1. The molecule has 22 heavy (non-hydrogen) atoms. The lowest BCUT2D eigenvalue weighted by Gasteiger charge is -2.05. The van der Waals surface area contributed by atoms with Gasteiger partial charge in [0.25, 0.3) is 5.91 Å². The molecule has 1 amide bonds. The van der Waals surface area contributed by atoms with Crippen molar-refractivity contribution in [3.63, 3.8) is 0 Å². The predicted octanol–water partition coefficient (Wildman–Crippen LogP) is 1.80. The van der Waals surface area contributed by atoms with Crippen LogP contribution in [0.25, 0.3) is 0 Å². The molecule has 0 radical (unpaired) electrons. The Bertz CT molecular complexity index is 683. The third-order valence-corrected chi connectivity index (χ3v) is 3.44. The molecule has 2 rings (SSSR count). The Balaban J connectivity index is 2.16. The van der Waals surface area contributed by atoms with Crippen LogP contribution in [0.15, 0.2) is 30.3 Å². The van der Waals surface area contributed by atoms with Crippen LogP contribution < -0.4 is 5.32 Å². The minimum atomic E-state index is -0.662. The number of rotatable bonds is 5. The average Bonchev–Trinajstić information content (AvgIpc) is 2.79. The van der Waals surface area contributed by atoms with E-state index in [1.54, 1.807) is 6.92 Å². The van der Waals surface area contributed by atoms with Crippen molar-refractivity contribution < 1.29 is 14.3 Å². The molecular weight excluding hydrogens is 306 g/mol. The van der Waals surface area contributed by atoms with Gasteiger partial charge < -0.3 is 10.1 Å². The van der Waals surface area contributed by atoms with Crippen molar-refractivity contribution in [3.05, 3.63) is 52.3 Å². The predicted molar refractivity (Wildman–Crippen MR) is 81.9 cm³/mol. The number of carbonyl (C=O) groups is 2. The molecular formula is C15H16ClN3O3. The zero-order valence-corrected chi connectivity index (χ0v) is 13.1. The summed E-state index contributed by atoms with van der Waals surface area (Å²) in [6, 6.07) is 9.63. The third kappa shape index (κ3) is 3.65. The molecule has 1 aromatic heterocycles. The molecule has 7 heteroatoms. The van der Waals surface area contributed by atoms with Gasteiger partial charge in [-0.05, 0) is 12.5 Å². The number of nitrogens with one attached hydrogen (secondary N) is 1. The topological polar surface area (TPSA) is 73.2 Å². The van der Waals surface area contributed by atoms with Crippen LogP contribution in [0.4, 0.5) is 0 Å². The number of likely N-dealkylation sites (N-methyl/N-ethyl adjacent to an activating group) is 1. The highest BCUT2D eigenvalue weighted by molar-refractivity contribution is 6.32. The first-order valence-electron chi connectivity index (χ1n) is 6.67. The van der Waals surface area contributed by atoms with Gasteiger partial charge in [-0.15, -0.1) is 0 Å². The lowest BCUT2D eigenvalue weighted by molar-refractivity contribution is -0.123. The fourth-order valence-corrected chi connectivity index (χ4v) is 2.23. The lowest BCUT2D eigenvalue weighted by Crippen LogP contribution is -2.25. The first-order valence-corrected chi connectivity index (χ1v) is 7.05. The largest absolute Gasteiger partial charge is 0.452 e. The van der Waals surface area contributed by atoms with Gasteiger partial charge in [-0.1, -0.05) is 41.9 Å². The molecule has 0 aliphatic rings. The van der Waals surface area contributed by atoms with E-state index in [1.807, 2.05) is 30.3 Å². The molecule has 0 spiro atoms. The molecule has 0 aliphatic heterocycles. The van der Waals surface area contributed by atoms with E-state index in [2.05, 4.69) is 10.4 Å². The van der Waals surface area contributed by atoms with Gasteiger partial charge in [-0.25, -0.2) is 9.48 Å². The lowest BCUT2D eigenvalue weighted by atomic mass is 10.2. The molecule has 0 fully saturated rings. The van der Waals surface area contributed by atoms with Crippen molar-refractivity contribution in [1.82, 2.24) is 15.1 Å². The van der Waals surface area contributed by atoms with Crippen LogP contribution in [0.3, 0.4) is 0 Å². The van der Waals surface area contributed by atoms with Crippen molar-refractivity contribution in [2.45, 2.75) is 13.5 Å². The smallest absolute Gasteiger partial charge is 0.343 e. The summed E-state index contributed by atoms with van der Waals surface area (Å²) in [5.74, 6) is -1.05. The van der Waals surface area contributed by atoms with Gasteiger partial charge in [0.2, 0.25) is 0 Å². The molecule has 0 bridgehead atoms. The standard InChI is InChI=1S/C15H16ClN3O3/c1-10-13(15(21)22-9-12(20)17-2)14(16)19(18-10)8-11-6-4-3-5-7-11/h3-7H,8-9H2,1-2H3,(H,17,20). The Morgan fingerprint density at radius 2 is 2.00 bits per heavy atom. The second-order valence-electron chi connectivity index (χ2n) is 4.64. The Morgan fingerprint density at radius 3 is 2.64 bits per heavy atom. The number of ether oxygens (including phenoxy) is 1. The van der Waals surface area contributed by atoms with E-state index in [-0.39, 0.29) is 23.2 Å². The molecule has 0 atom stereocenters. The van der Waals surface area contributed by atoms with Crippen LogP contribution in [-0.2, 0) is 16.1 Å². The van der Waals surface area contributed by atoms with Gasteiger partial charge >= 0.3 is 5.97 Å². The van der Waals surface area contributed by atoms with E-state index < -0.39 is 5.97 Å². The number of halogens is 1. The zero-order valence-electron chi connectivity index (χ0n) is 12.3. The Hall–Kier alpha value is -2.34. The van der Waals surface area contributed by atoms with E-state index in [9.17, 15) is 9.59 Å². The maximum Gasteiger partial charge on any atom is 0.343 e. The summed E-state index contributed by atoms with van der Waals surface area (Å²) >= 11 is 6.22. The molecule has 1 aromatic carbocycles. The molecule has 1 heterocycles. The van der Waals surface area contributed by atoms with Crippen molar-refractivity contribution in [1.29, 1.82) is 0 Å². The fourth-order valence-electron chi connectivity index (χ4n) is 1.92. The van der Waals surface area contributed by atoms with Crippen LogP contribution >= 0.6 is 11.6 Å². The summed E-state index contributed by atoms with van der Waals surface area (Å²) in [6.45, 7) is 1.77. The quantitative estimate of drug-likeness (QED) is 0.852. The zero-order chi connectivity index (χ0) is 16.1. The Morgan fingerprint density at radius 1 is 1.32 bits per heavy atom. The number of carbonyl (C=O) groups excluding carboxylic acids is 2. The SMILES string of the molecule is CNC(=O)COC(=O)c1c(C)nn(Cc2ccccc2)c1Cl. The monoisotopic (exact) mass is 321 g/mol. The number of amides is 1. The third-order valence-electron chi connectivity index (χ3n) is 3.06. The van der Waals surface area contributed by atoms with E-state index in [0.717, 1.165) is 5.56 Å². The molecule has 0 saturated heterocycles. The van der Waals surface area contributed by atoms with Crippen LogP contribution in [0.2, 0.25) is 5.15 Å². The second kappa shape index (κ2) is 7.09. The summed E-state index contributed by atoms with van der Waals surface area (Å²) in [5.41, 5.74) is 1.65. The molecule has 0 unspecified atom stereocenters. The van der Waals surface area contributed by atoms with E-state index in [1.165, 1.54) is 11.7 Å². The van der Waals surface area contributed by atoms with Crippen LogP contribution in [0.1, 0.15) is 21.6 Å². The highest BCUT2D eigenvalue weighted by atomic mass is 35.5. The average molecular weight is 322 g/mol. The molecule has 2 aromatic rings. The highest BCUT2D eigenvalue weighted by Crippen LogP contribution is 2.21. The second-order valence-corrected chi connectivity index (χ2v) is 5.00. The highest BCUT2D eigenvalue weighted by Gasteiger charge is 2.22. The van der Waals surface area contributed by atoms with Crippen molar-refractivity contribution in [3.8, 4) is 0 Å². The molecule has 6 nitrogen and oxygen atoms in total. The number of aromatic nitrogens is 2. The summed E-state index contributed by atoms with van der Waals surface area (Å²) in [7, 11) is 1.46.